The van der Waals surface area contributed by atoms with E-state index in [-0.39, 0.29) is 6.61 Å². The van der Waals surface area contributed by atoms with Crippen molar-refractivity contribution >= 4 is 11.6 Å². The Labute approximate surface area is 81.4 Å². The lowest BCUT2D eigenvalue weighted by Crippen LogP contribution is -1.96. The van der Waals surface area contributed by atoms with Crippen LogP contribution in [-0.4, -0.2) is 13.7 Å². The molecule has 4 heteroatoms. The van der Waals surface area contributed by atoms with Crippen molar-refractivity contribution in [3.8, 4) is 17.6 Å². The van der Waals surface area contributed by atoms with E-state index in [2.05, 4.69) is 0 Å². The van der Waals surface area contributed by atoms with Gasteiger partial charge < -0.3 is 9.47 Å². The van der Waals surface area contributed by atoms with E-state index in [0.29, 0.717) is 16.5 Å². The van der Waals surface area contributed by atoms with Gasteiger partial charge in [-0.2, -0.15) is 5.26 Å². The number of nitriles is 1. The number of methoxy groups -OCH3 is 1. The molecule has 0 fully saturated rings. The molecule has 0 saturated carbocycles. The van der Waals surface area contributed by atoms with Crippen LogP contribution in [0.4, 0.5) is 0 Å². The number of nitrogens with zero attached hydrogens (tertiary/aromatic N) is 1. The molecule has 0 aliphatic rings. The Hall–Kier alpha value is -1.40. The second kappa shape index (κ2) is 4.58. The van der Waals surface area contributed by atoms with E-state index in [1.165, 1.54) is 7.11 Å². The monoisotopic (exact) mass is 197 g/mol. The summed E-state index contributed by atoms with van der Waals surface area (Å²) in [4.78, 5) is 0. The molecule has 0 N–H and O–H groups in total. The lowest BCUT2D eigenvalue weighted by Gasteiger charge is -2.07. The first-order chi connectivity index (χ1) is 6.27. The average Bonchev–Trinajstić information content (AvgIpc) is 2.16. The summed E-state index contributed by atoms with van der Waals surface area (Å²) < 4.78 is 10.1. The van der Waals surface area contributed by atoms with Crippen molar-refractivity contribution < 1.29 is 9.47 Å². The standard InChI is InChI=1S/C9H8ClNO2/c1-12-9-6-7(10)2-3-8(9)13-5-4-11/h2-3,6H,5H2,1H3. The molecular formula is C9H8ClNO2. The van der Waals surface area contributed by atoms with Gasteiger partial charge in [-0.25, -0.2) is 0 Å². The van der Waals surface area contributed by atoms with Gasteiger partial charge in [0.1, 0.15) is 6.07 Å². The largest absolute Gasteiger partial charge is 0.493 e. The van der Waals surface area contributed by atoms with Crippen LogP contribution < -0.4 is 9.47 Å². The highest BCUT2D eigenvalue weighted by Gasteiger charge is 2.03. The second-order valence-electron chi connectivity index (χ2n) is 2.24. The van der Waals surface area contributed by atoms with Gasteiger partial charge in [-0.05, 0) is 12.1 Å². The third kappa shape index (κ3) is 2.53. The zero-order valence-electron chi connectivity index (χ0n) is 7.08. The van der Waals surface area contributed by atoms with Crippen molar-refractivity contribution in [3.05, 3.63) is 23.2 Å². The Morgan fingerprint density at radius 2 is 2.23 bits per heavy atom. The fourth-order valence-electron chi connectivity index (χ4n) is 0.871. The fourth-order valence-corrected chi connectivity index (χ4v) is 1.03. The molecule has 13 heavy (non-hydrogen) atoms. The molecule has 0 bridgehead atoms. The summed E-state index contributed by atoms with van der Waals surface area (Å²) in [7, 11) is 1.52. The molecule has 0 aliphatic carbocycles. The van der Waals surface area contributed by atoms with Gasteiger partial charge >= 0.3 is 0 Å². The van der Waals surface area contributed by atoms with Gasteiger partial charge in [0, 0.05) is 11.1 Å². The van der Waals surface area contributed by atoms with E-state index in [1.807, 2.05) is 6.07 Å². The normalized spacial score (nSPS) is 9.00. The maximum atomic E-state index is 8.30. The molecule has 0 saturated heterocycles. The molecule has 0 aliphatic heterocycles. The van der Waals surface area contributed by atoms with Gasteiger partial charge in [0.25, 0.3) is 0 Å². The molecular weight excluding hydrogens is 190 g/mol. The highest BCUT2D eigenvalue weighted by atomic mass is 35.5. The van der Waals surface area contributed by atoms with Crippen molar-refractivity contribution in [2.24, 2.45) is 0 Å². The number of benzene rings is 1. The third-order valence-corrected chi connectivity index (χ3v) is 1.65. The highest BCUT2D eigenvalue weighted by Crippen LogP contribution is 2.29. The summed E-state index contributed by atoms with van der Waals surface area (Å²) >= 11 is 5.73. The van der Waals surface area contributed by atoms with Gasteiger partial charge in [-0.1, -0.05) is 11.6 Å². The van der Waals surface area contributed by atoms with E-state index in [0.717, 1.165) is 0 Å². The van der Waals surface area contributed by atoms with Gasteiger partial charge in [-0.15, -0.1) is 0 Å². The van der Waals surface area contributed by atoms with Crippen LogP contribution in [0.2, 0.25) is 5.02 Å². The van der Waals surface area contributed by atoms with E-state index >= 15 is 0 Å². The van der Waals surface area contributed by atoms with E-state index in [4.69, 9.17) is 26.3 Å². The molecule has 0 spiro atoms. The molecule has 1 aromatic carbocycles. The summed E-state index contributed by atoms with van der Waals surface area (Å²) in [5.41, 5.74) is 0. The minimum atomic E-state index is -0.00199. The van der Waals surface area contributed by atoms with Crippen LogP contribution >= 0.6 is 11.6 Å². The van der Waals surface area contributed by atoms with E-state index < -0.39 is 0 Å². The van der Waals surface area contributed by atoms with Crippen LogP contribution in [0.25, 0.3) is 0 Å². The minimum absolute atomic E-state index is 0.00199. The summed E-state index contributed by atoms with van der Waals surface area (Å²) in [6.45, 7) is -0.00199. The van der Waals surface area contributed by atoms with Gasteiger partial charge in [0.05, 0.1) is 7.11 Å². The Balaban J connectivity index is 2.87. The maximum Gasteiger partial charge on any atom is 0.174 e. The van der Waals surface area contributed by atoms with Gasteiger partial charge in [-0.3, -0.25) is 0 Å². The zero-order chi connectivity index (χ0) is 9.68. The summed E-state index contributed by atoms with van der Waals surface area (Å²) in [5.74, 6) is 1.05. The highest BCUT2D eigenvalue weighted by molar-refractivity contribution is 6.30. The topological polar surface area (TPSA) is 42.2 Å². The molecule has 0 heterocycles. The van der Waals surface area contributed by atoms with Crippen molar-refractivity contribution in [2.75, 3.05) is 13.7 Å². The quantitative estimate of drug-likeness (QED) is 0.747. The van der Waals surface area contributed by atoms with E-state index in [1.54, 1.807) is 18.2 Å². The number of halogens is 1. The first-order valence-corrected chi connectivity index (χ1v) is 3.99. The van der Waals surface area contributed by atoms with Crippen LogP contribution in [-0.2, 0) is 0 Å². The predicted octanol–water partition coefficient (Wildman–Crippen LogP) is 2.25. The summed E-state index contributed by atoms with van der Waals surface area (Å²) in [5, 5.41) is 8.87. The molecule has 0 atom stereocenters. The first kappa shape index (κ1) is 9.69. The Morgan fingerprint density at radius 1 is 1.46 bits per heavy atom. The first-order valence-electron chi connectivity index (χ1n) is 3.61. The molecule has 0 radical (unpaired) electrons. The number of rotatable bonds is 3. The molecule has 0 amide bonds. The van der Waals surface area contributed by atoms with Crippen LogP contribution in [0.1, 0.15) is 0 Å². The van der Waals surface area contributed by atoms with Crippen molar-refractivity contribution in [2.45, 2.75) is 0 Å². The smallest absolute Gasteiger partial charge is 0.174 e. The Morgan fingerprint density at radius 3 is 2.85 bits per heavy atom. The number of hydrogen-bond acceptors (Lipinski definition) is 3. The lowest BCUT2D eigenvalue weighted by atomic mass is 10.3. The molecule has 1 aromatic rings. The summed E-state index contributed by atoms with van der Waals surface area (Å²) in [6.07, 6.45) is 0. The van der Waals surface area contributed by atoms with Crippen LogP contribution in [0.15, 0.2) is 18.2 Å². The molecule has 3 nitrogen and oxygen atoms in total. The predicted molar refractivity (Wildman–Crippen MR) is 49.1 cm³/mol. The Kier molecular flexibility index (Phi) is 3.41. The number of ether oxygens (including phenoxy) is 2. The average molecular weight is 198 g/mol. The fraction of sp³-hybridized carbons (Fsp3) is 0.222. The van der Waals surface area contributed by atoms with Gasteiger partial charge in [0.2, 0.25) is 0 Å². The molecule has 68 valence electrons. The number of hydrogen-bond donors (Lipinski definition) is 0. The molecule has 0 aromatic heterocycles. The van der Waals surface area contributed by atoms with Crippen molar-refractivity contribution in [1.82, 2.24) is 0 Å². The van der Waals surface area contributed by atoms with E-state index in [9.17, 15) is 0 Å². The second-order valence-corrected chi connectivity index (χ2v) is 2.68. The minimum Gasteiger partial charge on any atom is -0.493 e. The lowest BCUT2D eigenvalue weighted by molar-refractivity contribution is 0.329. The molecule has 0 unspecified atom stereocenters. The molecule has 1 rings (SSSR count). The van der Waals surface area contributed by atoms with Gasteiger partial charge in [0.15, 0.2) is 18.1 Å². The summed E-state index contributed by atoms with van der Waals surface area (Å²) in [6, 6.07) is 6.85. The third-order valence-electron chi connectivity index (χ3n) is 1.42. The van der Waals surface area contributed by atoms with Crippen molar-refractivity contribution in [3.63, 3.8) is 0 Å². The van der Waals surface area contributed by atoms with Crippen molar-refractivity contribution in [1.29, 1.82) is 5.26 Å². The van der Waals surface area contributed by atoms with Crippen LogP contribution in [0.3, 0.4) is 0 Å². The Bertz CT molecular complexity index is 333. The van der Waals surface area contributed by atoms with Crippen LogP contribution in [0.5, 0.6) is 11.5 Å². The zero-order valence-corrected chi connectivity index (χ0v) is 7.84. The SMILES string of the molecule is COc1cc(Cl)ccc1OCC#N. The van der Waals surface area contributed by atoms with Crippen LogP contribution in [0, 0.1) is 11.3 Å². The maximum absolute atomic E-state index is 8.30.